The molecule has 0 spiro atoms. The van der Waals surface area contributed by atoms with Crippen LogP contribution in [0.2, 0.25) is 0 Å². The van der Waals surface area contributed by atoms with Crippen LogP contribution in [0.1, 0.15) is 56.0 Å². The van der Waals surface area contributed by atoms with Gasteiger partial charge in [0.05, 0.1) is 6.54 Å². The van der Waals surface area contributed by atoms with Gasteiger partial charge in [-0.05, 0) is 32.6 Å². The molecule has 0 radical (unpaired) electrons. The highest BCUT2D eigenvalue weighted by atomic mass is 16.2. The summed E-state index contributed by atoms with van der Waals surface area (Å²) in [6, 6.07) is 0. The van der Waals surface area contributed by atoms with Crippen molar-refractivity contribution in [3.8, 4) is 0 Å². The molecule has 0 bridgehead atoms. The molecule has 1 N–H and O–H groups in total. The van der Waals surface area contributed by atoms with E-state index in [0.29, 0.717) is 13.0 Å². The number of hydrogen-bond donors (Lipinski definition) is 1. The molecule has 0 saturated carbocycles. The Morgan fingerprint density at radius 3 is 2.96 bits per heavy atom. The topological polar surface area (TPSA) is 69.3 Å². The lowest BCUT2D eigenvalue weighted by Gasteiger charge is -2.33. The second kappa shape index (κ2) is 7.15. The summed E-state index contributed by atoms with van der Waals surface area (Å²) in [5, 5.41) is 0. The Labute approximate surface area is 137 Å². The molecule has 3 heterocycles. The molecule has 0 aliphatic carbocycles. The molecule has 23 heavy (non-hydrogen) atoms. The third-order valence-electron chi connectivity index (χ3n) is 4.88. The van der Waals surface area contributed by atoms with Gasteiger partial charge in [0.15, 0.2) is 0 Å². The van der Waals surface area contributed by atoms with Crippen molar-refractivity contribution in [2.75, 3.05) is 26.2 Å². The van der Waals surface area contributed by atoms with Crippen LogP contribution in [0.25, 0.3) is 0 Å². The van der Waals surface area contributed by atoms with E-state index in [1.54, 1.807) is 4.90 Å². The number of imidazole rings is 1. The zero-order chi connectivity index (χ0) is 16.2. The first-order chi connectivity index (χ1) is 11.1. The number of aromatic amines is 1. The first-order valence-corrected chi connectivity index (χ1v) is 8.70. The van der Waals surface area contributed by atoms with Crippen LogP contribution in [0, 0.1) is 6.92 Å². The molecular formula is C17H26N4O2. The van der Waals surface area contributed by atoms with Gasteiger partial charge in [-0.3, -0.25) is 9.59 Å². The lowest BCUT2D eigenvalue weighted by molar-refractivity contribution is -0.140. The Hall–Kier alpha value is -1.85. The van der Waals surface area contributed by atoms with E-state index in [1.807, 2.05) is 18.0 Å². The molecule has 2 aliphatic rings. The normalized spacial score (nSPS) is 23.0. The molecule has 2 fully saturated rings. The summed E-state index contributed by atoms with van der Waals surface area (Å²) in [7, 11) is 0. The Morgan fingerprint density at radius 2 is 2.17 bits per heavy atom. The molecule has 1 aromatic rings. The van der Waals surface area contributed by atoms with Gasteiger partial charge in [0.25, 0.3) is 0 Å². The summed E-state index contributed by atoms with van der Waals surface area (Å²) < 4.78 is 0. The zero-order valence-corrected chi connectivity index (χ0v) is 13.9. The lowest BCUT2D eigenvalue weighted by atomic mass is 9.97. The Morgan fingerprint density at radius 1 is 1.30 bits per heavy atom. The quantitative estimate of drug-likeness (QED) is 0.924. The van der Waals surface area contributed by atoms with Gasteiger partial charge in [0.1, 0.15) is 5.82 Å². The zero-order valence-electron chi connectivity index (χ0n) is 13.9. The number of hydrogen-bond acceptors (Lipinski definition) is 3. The number of aryl methyl sites for hydroxylation is 1. The van der Waals surface area contributed by atoms with Crippen LogP contribution >= 0.6 is 0 Å². The van der Waals surface area contributed by atoms with Crippen LogP contribution in [0.4, 0.5) is 0 Å². The summed E-state index contributed by atoms with van der Waals surface area (Å²) in [5.41, 5.74) is 1.05. The van der Waals surface area contributed by atoms with Crippen molar-refractivity contribution in [3.05, 3.63) is 17.7 Å². The number of carbonyl (C=O) groups is 2. The van der Waals surface area contributed by atoms with Gasteiger partial charge in [0, 0.05) is 43.9 Å². The van der Waals surface area contributed by atoms with Crippen molar-refractivity contribution >= 4 is 11.8 Å². The minimum atomic E-state index is 0.0771. The molecule has 2 saturated heterocycles. The molecule has 1 aromatic heterocycles. The number of nitrogens with one attached hydrogen (secondary N) is 1. The fraction of sp³-hybridized carbons (Fsp3) is 0.706. The number of H-pyrrole nitrogens is 1. The van der Waals surface area contributed by atoms with Gasteiger partial charge in [-0.2, -0.15) is 0 Å². The fourth-order valence-electron chi connectivity index (χ4n) is 3.54. The molecular weight excluding hydrogens is 292 g/mol. The number of carbonyl (C=O) groups excluding carboxylic acids is 2. The van der Waals surface area contributed by atoms with E-state index in [-0.39, 0.29) is 24.3 Å². The second-order valence-corrected chi connectivity index (χ2v) is 6.76. The van der Waals surface area contributed by atoms with E-state index in [9.17, 15) is 9.59 Å². The van der Waals surface area contributed by atoms with Gasteiger partial charge in [-0.1, -0.05) is 6.42 Å². The van der Waals surface area contributed by atoms with Crippen LogP contribution in [0.3, 0.4) is 0 Å². The van der Waals surface area contributed by atoms with Crippen molar-refractivity contribution in [2.45, 2.75) is 51.4 Å². The van der Waals surface area contributed by atoms with Crippen molar-refractivity contribution in [1.29, 1.82) is 0 Å². The largest absolute Gasteiger partial charge is 0.346 e. The Bertz CT molecular complexity index is 569. The summed E-state index contributed by atoms with van der Waals surface area (Å²) >= 11 is 0. The highest BCUT2D eigenvalue weighted by Crippen LogP contribution is 2.25. The monoisotopic (exact) mass is 318 g/mol. The van der Waals surface area contributed by atoms with Crippen molar-refractivity contribution in [1.82, 2.24) is 19.8 Å². The maximum absolute atomic E-state index is 12.6. The van der Waals surface area contributed by atoms with Crippen LogP contribution < -0.4 is 0 Å². The first-order valence-electron chi connectivity index (χ1n) is 8.70. The fourth-order valence-corrected chi connectivity index (χ4v) is 3.54. The maximum Gasteiger partial charge on any atom is 0.242 e. The van der Waals surface area contributed by atoms with Gasteiger partial charge in [-0.25, -0.2) is 4.98 Å². The van der Waals surface area contributed by atoms with Crippen molar-refractivity contribution in [2.24, 2.45) is 0 Å². The summed E-state index contributed by atoms with van der Waals surface area (Å²) in [4.78, 5) is 36.0. The van der Waals surface area contributed by atoms with Crippen LogP contribution in [0.5, 0.6) is 0 Å². The molecule has 0 unspecified atom stereocenters. The molecule has 126 valence electrons. The SMILES string of the molecule is Cc1cnc([C@@H]2CCCN(C(=O)CN3CCCCCC3=O)C2)[nH]1. The van der Waals surface area contributed by atoms with E-state index in [0.717, 1.165) is 56.7 Å². The van der Waals surface area contributed by atoms with Crippen LogP contribution in [0.15, 0.2) is 6.20 Å². The average molecular weight is 318 g/mol. The summed E-state index contributed by atoms with van der Waals surface area (Å²) in [5.74, 6) is 1.46. The highest BCUT2D eigenvalue weighted by Gasteiger charge is 2.28. The van der Waals surface area contributed by atoms with E-state index in [2.05, 4.69) is 9.97 Å². The molecule has 2 amide bonds. The summed E-state index contributed by atoms with van der Waals surface area (Å²) in [6.45, 7) is 4.44. The van der Waals surface area contributed by atoms with E-state index < -0.39 is 0 Å². The van der Waals surface area contributed by atoms with Crippen LogP contribution in [-0.4, -0.2) is 57.8 Å². The third-order valence-corrected chi connectivity index (χ3v) is 4.88. The second-order valence-electron chi connectivity index (χ2n) is 6.76. The van der Waals surface area contributed by atoms with E-state index >= 15 is 0 Å². The number of nitrogens with zero attached hydrogens (tertiary/aromatic N) is 3. The van der Waals surface area contributed by atoms with Gasteiger partial charge < -0.3 is 14.8 Å². The van der Waals surface area contributed by atoms with E-state index in [1.165, 1.54) is 0 Å². The highest BCUT2D eigenvalue weighted by molar-refractivity contribution is 5.85. The molecule has 3 rings (SSSR count). The molecule has 0 aromatic carbocycles. The van der Waals surface area contributed by atoms with Crippen molar-refractivity contribution in [3.63, 3.8) is 0 Å². The number of aromatic nitrogens is 2. The third kappa shape index (κ3) is 3.92. The number of piperidine rings is 1. The Kier molecular flexibility index (Phi) is 4.98. The lowest BCUT2D eigenvalue weighted by Crippen LogP contribution is -2.46. The molecule has 2 aliphatic heterocycles. The van der Waals surface area contributed by atoms with Crippen LogP contribution in [-0.2, 0) is 9.59 Å². The maximum atomic E-state index is 12.6. The van der Waals surface area contributed by atoms with Crippen molar-refractivity contribution < 1.29 is 9.59 Å². The molecule has 6 nitrogen and oxygen atoms in total. The molecule has 6 heteroatoms. The minimum Gasteiger partial charge on any atom is -0.346 e. The number of amides is 2. The number of likely N-dealkylation sites (tertiary alicyclic amines) is 2. The first kappa shape index (κ1) is 16.0. The standard InChI is InChI=1S/C17H26N4O2/c1-13-10-18-17(19-13)14-6-5-9-20(11-14)16(23)12-21-8-4-2-3-7-15(21)22/h10,14H,2-9,11-12H2,1H3,(H,18,19)/t14-/m1/s1. The minimum absolute atomic E-state index is 0.0771. The van der Waals surface area contributed by atoms with Gasteiger partial charge in [-0.15, -0.1) is 0 Å². The summed E-state index contributed by atoms with van der Waals surface area (Å²) in [6.07, 6.45) is 7.51. The average Bonchev–Trinajstić information content (AvgIpc) is 2.89. The molecule has 1 atom stereocenters. The smallest absolute Gasteiger partial charge is 0.242 e. The Balaban J connectivity index is 1.59. The van der Waals surface area contributed by atoms with E-state index in [4.69, 9.17) is 0 Å². The predicted molar refractivity (Wildman–Crippen MR) is 86.9 cm³/mol. The van der Waals surface area contributed by atoms with Gasteiger partial charge >= 0.3 is 0 Å². The van der Waals surface area contributed by atoms with Gasteiger partial charge in [0.2, 0.25) is 11.8 Å². The predicted octanol–water partition coefficient (Wildman–Crippen LogP) is 1.83. The number of rotatable bonds is 3.